The number of piperidine rings is 1. The summed E-state index contributed by atoms with van der Waals surface area (Å²) >= 11 is 0. The minimum absolute atomic E-state index is 0.314. The predicted octanol–water partition coefficient (Wildman–Crippen LogP) is 5.29. The maximum atomic E-state index is 13.3. The third-order valence-corrected chi connectivity index (χ3v) is 8.12. The van der Waals surface area contributed by atoms with Crippen LogP contribution in [-0.4, -0.2) is 42.5 Å². The van der Waals surface area contributed by atoms with Gasteiger partial charge in [-0.2, -0.15) is 0 Å². The summed E-state index contributed by atoms with van der Waals surface area (Å²) in [7, 11) is -3.65. The van der Waals surface area contributed by atoms with Gasteiger partial charge in [0.1, 0.15) is 0 Å². The smallest absolute Gasteiger partial charge is 0.268 e. The molecule has 1 N–H and O–H groups in total. The fourth-order valence-corrected chi connectivity index (χ4v) is 5.74. The SMILES string of the molecule is CC(C)c1ccc(S(=O)(=O)n2ccc3c(NC4CCN(C(C)C)CC4)cccc32)cc1. The Hall–Kier alpha value is -2.31. The van der Waals surface area contributed by atoms with E-state index >= 15 is 0 Å². The van der Waals surface area contributed by atoms with Gasteiger partial charge in [-0.1, -0.05) is 32.0 Å². The van der Waals surface area contributed by atoms with E-state index in [4.69, 9.17) is 0 Å². The first-order chi connectivity index (χ1) is 14.8. The highest BCUT2D eigenvalue weighted by atomic mass is 32.2. The van der Waals surface area contributed by atoms with Crippen LogP contribution in [0, 0.1) is 0 Å². The zero-order valence-electron chi connectivity index (χ0n) is 18.9. The second-order valence-corrected chi connectivity index (χ2v) is 10.9. The molecule has 0 radical (unpaired) electrons. The number of aromatic nitrogens is 1. The van der Waals surface area contributed by atoms with Gasteiger partial charge in [-0.05, 0) is 68.5 Å². The summed E-state index contributed by atoms with van der Waals surface area (Å²) in [5, 5.41) is 4.61. The number of anilines is 1. The lowest BCUT2D eigenvalue weighted by Gasteiger charge is -2.35. The van der Waals surface area contributed by atoms with Gasteiger partial charge in [0.05, 0.1) is 10.4 Å². The fourth-order valence-electron chi connectivity index (χ4n) is 4.40. The van der Waals surface area contributed by atoms with Gasteiger partial charge < -0.3 is 10.2 Å². The highest BCUT2D eigenvalue weighted by Gasteiger charge is 2.23. The van der Waals surface area contributed by atoms with Crippen LogP contribution in [0.15, 0.2) is 59.6 Å². The first-order valence-electron chi connectivity index (χ1n) is 11.2. The van der Waals surface area contributed by atoms with Crippen LogP contribution in [0.2, 0.25) is 0 Å². The summed E-state index contributed by atoms with van der Waals surface area (Å²) in [4.78, 5) is 2.82. The highest BCUT2D eigenvalue weighted by molar-refractivity contribution is 7.90. The fraction of sp³-hybridized carbons (Fsp3) is 0.440. The second kappa shape index (κ2) is 8.67. The Labute approximate surface area is 186 Å². The molecule has 166 valence electrons. The van der Waals surface area contributed by atoms with Gasteiger partial charge in [0.2, 0.25) is 0 Å². The van der Waals surface area contributed by atoms with Crippen LogP contribution in [-0.2, 0) is 10.0 Å². The van der Waals surface area contributed by atoms with E-state index in [1.807, 2.05) is 36.4 Å². The van der Waals surface area contributed by atoms with E-state index in [2.05, 4.69) is 37.9 Å². The molecule has 1 aromatic heterocycles. The molecule has 2 aromatic carbocycles. The van der Waals surface area contributed by atoms with Gasteiger partial charge in [0.15, 0.2) is 0 Å². The molecule has 2 heterocycles. The van der Waals surface area contributed by atoms with E-state index in [0.717, 1.165) is 42.6 Å². The zero-order chi connectivity index (χ0) is 22.2. The van der Waals surface area contributed by atoms with Crippen molar-refractivity contribution in [2.45, 2.75) is 63.4 Å². The molecule has 4 rings (SSSR count). The number of benzene rings is 2. The molecule has 5 nitrogen and oxygen atoms in total. The van der Waals surface area contributed by atoms with Gasteiger partial charge in [0, 0.05) is 42.4 Å². The minimum Gasteiger partial charge on any atom is -0.382 e. The van der Waals surface area contributed by atoms with Crippen molar-refractivity contribution in [3.63, 3.8) is 0 Å². The summed E-state index contributed by atoms with van der Waals surface area (Å²) in [5.74, 6) is 0.366. The van der Waals surface area contributed by atoms with E-state index in [9.17, 15) is 8.42 Å². The van der Waals surface area contributed by atoms with Gasteiger partial charge in [-0.15, -0.1) is 0 Å². The number of fused-ring (bicyclic) bond motifs is 1. The van der Waals surface area contributed by atoms with Crippen molar-refractivity contribution >= 4 is 26.6 Å². The summed E-state index contributed by atoms with van der Waals surface area (Å²) in [6.45, 7) is 10.9. The van der Waals surface area contributed by atoms with Crippen LogP contribution in [0.25, 0.3) is 10.9 Å². The van der Waals surface area contributed by atoms with E-state index < -0.39 is 10.0 Å². The zero-order valence-corrected chi connectivity index (χ0v) is 19.7. The van der Waals surface area contributed by atoms with Crippen molar-refractivity contribution in [1.82, 2.24) is 8.87 Å². The normalized spacial score (nSPS) is 16.5. The Morgan fingerprint density at radius 1 is 0.935 bits per heavy atom. The molecule has 1 aliphatic heterocycles. The third-order valence-electron chi connectivity index (χ3n) is 6.42. The largest absolute Gasteiger partial charge is 0.382 e. The number of likely N-dealkylation sites (tertiary alicyclic amines) is 1. The molecule has 6 heteroatoms. The van der Waals surface area contributed by atoms with Crippen molar-refractivity contribution in [3.8, 4) is 0 Å². The minimum atomic E-state index is -3.65. The van der Waals surface area contributed by atoms with E-state index in [1.165, 1.54) is 3.97 Å². The standard InChI is InChI=1S/C25H33N3O2S/c1-18(2)20-8-10-22(11-9-20)31(29,30)28-17-14-23-24(6-5-7-25(23)28)26-21-12-15-27(16-13-21)19(3)4/h5-11,14,17-19,21,26H,12-13,15-16H2,1-4H3. The average molecular weight is 440 g/mol. The quantitative estimate of drug-likeness (QED) is 0.567. The van der Waals surface area contributed by atoms with Crippen LogP contribution in [0.1, 0.15) is 52.0 Å². The number of nitrogens with zero attached hydrogens (tertiary/aromatic N) is 2. The molecule has 1 fully saturated rings. The van der Waals surface area contributed by atoms with Crippen molar-refractivity contribution in [2.75, 3.05) is 18.4 Å². The second-order valence-electron chi connectivity index (χ2n) is 9.13. The van der Waals surface area contributed by atoms with Crippen LogP contribution in [0.5, 0.6) is 0 Å². The molecular formula is C25H33N3O2S. The van der Waals surface area contributed by atoms with Crippen LogP contribution in [0.4, 0.5) is 5.69 Å². The van der Waals surface area contributed by atoms with Crippen molar-refractivity contribution in [2.24, 2.45) is 0 Å². The third kappa shape index (κ3) is 4.37. The van der Waals surface area contributed by atoms with Gasteiger partial charge >= 0.3 is 0 Å². The highest BCUT2D eigenvalue weighted by Crippen LogP contribution is 2.30. The predicted molar refractivity (Wildman–Crippen MR) is 128 cm³/mol. The monoisotopic (exact) mass is 439 g/mol. The van der Waals surface area contributed by atoms with Gasteiger partial charge in [0.25, 0.3) is 10.0 Å². The number of rotatable bonds is 6. The lowest BCUT2D eigenvalue weighted by Crippen LogP contribution is -2.42. The Balaban J connectivity index is 1.60. The Morgan fingerprint density at radius 2 is 1.61 bits per heavy atom. The lowest BCUT2D eigenvalue weighted by atomic mass is 10.0. The number of nitrogens with one attached hydrogen (secondary N) is 1. The molecule has 0 saturated carbocycles. The molecule has 0 aliphatic carbocycles. The molecule has 0 bridgehead atoms. The van der Waals surface area contributed by atoms with Gasteiger partial charge in [-0.3, -0.25) is 0 Å². The molecule has 31 heavy (non-hydrogen) atoms. The van der Waals surface area contributed by atoms with Crippen molar-refractivity contribution in [1.29, 1.82) is 0 Å². The lowest BCUT2D eigenvalue weighted by molar-refractivity contribution is 0.177. The first-order valence-corrected chi connectivity index (χ1v) is 12.7. The topological polar surface area (TPSA) is 54.3 Å². The molecule has 0 amide bonds. The molecule has 0 atom stereocenters. The Bertz CT molecular complexity index is 1140. The Kier molecular flexibility index (Phi) is 6.13. The molecule has 0 unspecified atom stereocenters. The number of hydrogen-bond acceptors (Lipinski definition) is 4. The van der Waals surface area contributed by atoms with Gasteiger partial charge in [-0.25, -0.2) is 12.4 Å². The van der Waals surface area contributed by atoms with Crippen molar-refractivity contribution < 1.29 is 8.42 Å². The summed E-state index contributed by atoms with van der Waals surface area (Å²) in [6.07, 6.45) is 3.86. The molecule has 1 aliphatic rings. The van der Waals surface area contributed by atoms with Crippen molar-refractivity contribution in [3.05, 3.63) is 60.3 Å². The maximum absolute atomic E-state index is 13.3. The van der Waals surface area contributed by atoms with Crippen LogP contribution < -0.4 is 5.32 Å². The molecule has 0 spiro atoms. The van der Waals surface area contributed by atoms with Crippen LogP contribution in [0.3, 0.4) is 0 Å². The van der Waals surface area contributed by atoms with E-state index in [0.29, 0.717) is 28.4 Å². The summed E-state index contributed by atoms with van der Waals surface area (Å²) in [5.41, 5.74) is 2.84. The van der Waals surface area contributed by atoms with E-state index in [-0.39, 0.29) is 0 Å². The molecular weight excluding hydrogens is 406 g/mol. The number of hydrogen-bond donors (Lipinski definition) is 1. The maximum Gasteiger partial charge on any atom is 0.268 e. The molecule has 3 aromatic rings. The summed E-state index contributed by atoms with van der Waals surface area (Å²) < 4.78 is 28.1. The Morgan fingerprint density at radius 3 is 2.23 bits per heavy atom. The first kappa shape index (κ1) is 21.9. The van der Waals surface area contributed by atoms with E-state index in [1.54, 1.807) is 18.3 Å². The summed E-state index contributed by atoms with van der Waals surface area (Å²) in [6, 6.07) is 16.0. The molecule has 1 saturated heterocycles. The van der Waals surface area contributed by atoms with Crippen LogP contribution >= 0.6 is 0 Å². The average Bonchev–Trinajstić information content (AvgIpc) is 3.20.